The maximum atomic E-state index is 4.60. The van der Waals surface area contributed by atoms with Crippen molar-refractivity contribution in [3.8, 4) is 0 Å². The molecule has 0 saturated carbocycles. The van der Waals surface area contributed by atoms with Gasteiger partial charge >= 0.3 is 0 Å². The van der Waals surface area contributed by atoms with Gasteiger partial charge in [-0.25, -0.2) is 4.98 Å². The summed E-state index contributed by atoms with van der Waals surface area (Å²) in [6.07, 6.45) is 1.91. The number of rotatable bonds is 3. The van der Waals surface area contributed by atoms with Crippen molar-refractivity contribution < 1.29 is 0 Å². The first-order chi connectivity index (χ1) is 10.5. The minimum absolute atomic E-state index is 0.142. The van der Waals surface area contributed by atoms with Crippen LogP contribution in [0.5, 0.6) is 0 Å². The number of pyridine rings is 1. The molecule has 0 aliphatic heterocycles. The van der Waals surface area contributed by atoms with Crippen LogP contribution in [0.1, 0.15) is 41.2 Å². The maximum Gasteiger partial charge on any atom is 0.160 e. The van der Waals surface area contributed by atoms with Crippen LogP contribution >= 0.6 is 0 Å². The molecular weight excluding hydrogens is 274 g/mol. The summed E-state index contributed by atoms with van der Waals surface area (Å²) in [5, 5.41) is 8.11. The summed E-state index contributed by atoms with van der Waals surface area (Å²) in [7, 11) is 0. The molecule has 3 aromatic heterocycles. The molecule has 3 rings (SSSR count). The monoisotopic (exact) mass is 295 g/mol. The Morgan fingerprint density at radius 1 is 1.09 bits per heavy atom. The zero-order valence-corrected chi connectivity index (χ0v) is 13.7. The smallest absolute Gasteiger partial charge is 0.160 e. The van der Waals surface area contributed by atoms with Crippen molar-refractivity contribution in [3.05, 3.63) is 52.6 Å². The van der Waals surface area contributed by atoms with E-state index in [1.165, 1.54) is 0 Å². The number of nitrogens with zero attached hydrogens (tertiary/aromatic N) is 4. The van der Waals surface area contributed by atoms with E-state index in [9.17, 15) is 0 Å². The van der Waals surface area contributed by atoms with Gasteiger partial charge in [0.2, 0.25) is 0 Å². The SMILES string of the molecule is Cc1ccc([C@@H](C)Nc2cc(C)nc3c(C)c(C)nn23)cn1. The Labute approximate surface area is 130 Å². The van der Waals surface area contributed by atoms with Gasteiger partial charge in [0.15, 0.2) is 5.65 Å². The Bertz CT molecular complexity index is 817. The number of aryl methyl sites for hydroxylation is 4. The molecule has 0 spiro atoms. The van der Waals surface area contributed by atoms with Crippen LogP contribution in [0.4, 0.5) is 5.82 Å². The van der Waals surface area contributed by atoms with E-state index in [2.05, 4.69) is 40.3 Å². The molecule has 22 heavy (non-hydrogen) atoms. The summed E-state index contributed by atoms with van der Waals surface area (Å²) < 4.78 is 1.88. The van der Waals surface area contributed by atoms with Crippen LogP contribution in [-0.2, 0) is 0 Å². The van der Waals surface area contributed by atoms with Crippen molar-refractivity contribution in [2.24, 2.45) is 0 Å². The van der Waals surface area contributed by atoms with Gasteiger partial charge in [-0.1, -0.05) is 6.07 Å². The number of anilines is 1. The lowest BCUT2D eigenvalue weighted by molar-refractivity contribution is 0.827. The summed E-state index contributed by atoms with van der Waals surface area (Å²) in [5.41, 5.74) is 6.19. The van der Waals surface area contributed by atoms with E-state index in [4.69, 9.17) is 0 Å². The molecule has 0 bridgehead atoms. The van der Waals surface area contributed by atoms with Gasteiger partial charge in [0, 0.05) is 29.2 Å². The second-order valence-corrected chi connectivity index (χ2v) is 5.83. The third-order valence-corrected chi connectivity index (χ3v) is 3.98. The zero-order chi connectivity index (χ0) is 15.9. The van der Waals surface area contributed by atoms with Crippen LogP contribution in [0, 0.1) is 27.7 Å². The van der Waals surface area contributed by atoms with Crippen LogP contribution in [0.2, 0.25) is 0 Å². The minimum Gasteiger partial charge on any atom is -0.363 e. The highest BCUT2D eigenvalue weighted by Crippen LogP contribution is 2.22. The van der Waals surface area contributed by atoms with E-state index in [1.807, 2.05) is 43.6 Å². The second kappa shape index (κ2) is 5.40. The van der Waals surface area contributed by atoms with E-state index in [1.54, 1.807) is 0 Å². The van der Waals surface area contributed by atoms with Gasteiger partial charge < -0.3 is 5.32 Å². The topological polar surface area (TPSA) is 55.1 Å². The first-order valence-corrected chi connectivity index (χ1v) is 7.48. The molecule has 0 radical (unpaired) electrons. The van der Waals surface area contributed by atoms with Crippen LogP contribution in [-0.4, -0.2) is 19.6 Å². The summed E-state index contributed by atoms with van der Waals surface area (Å²) >= 11 is 0. The molecule has 1 N–H and O–H groups in total. The van der Waals surface area contributed by atoms with Gasteiger partial charge in [-0.2, -0.15) is 9.61 Å². The Hall–Kier alpha value is -2.43. The molecule has 5 heteroatoms. The quantitative estimate of drug-likeness (QED) is 0.803. The average molecular weight is 295 g/mol. The molecule has 0 saturated heterocycles. The number of nitrogens with one attached hydrogen (secondary N) is 1. The molecule has 114 valence electrons. The van der Waals surface area contributed by atoms with Gasteiger partial charge in [-0.15, -0.1) is 0 Å². The Morgan fingerprint density at radius 2 is 1.86 bits per heavy atom. The zero-order valence-electron chi connectivity index (χ0n) is 13.7. The predicted molar refractivity (Wildman–Crippen MR) is 88.2 cm³/mol. The predicted octanol–water partition coefficient (Wildman–Crippen LogP) is 3.53. The van der Waals surface area contributed by atoms with Gasteiger partial charge in [-0.05, 0) is 46.2 Å². The molecule has 5 nitrogen and oxygen atoms in total. The normalized spacial score (nSPS) is 12.6. The molecule has 3 heterocycles. The van der Waals surface area contributed by atoms with E-state index < -0.39 is 0 Å². The summed E-state index contributed by atoms with van der Waals surface area (Å²) in [6, 6.07) is 6.30. The second-order valence-electron chi connectivity index (χ2n) is 5.83. The van der Waals surface area contributed by atoms with Crippen molar-refractivity contribution in [2.75, 3.05) is 5.32 Å². The van der Waals surface area contributed by atoms with Crippen molar-refractivity contribution in [3.63, 3.8) is 0 Å². The van der Waals surface area contributed by atoms with Crippen molar-refractivity contribution >= 4 is 11.5 Å². The average Bonchev–Trinajstić information content (AvgIpc) is 2.76. The van der Waals surface area contributed by atoms with Crippen molar-refractivity contribution in [1.29, 1.82) is 0 Å². The highest BCUT2D eigenvalue weighted by atomic mass is 15.3. The van der Waals surface area contributed by atoms with Crippen LogP contribution in [0.3, 0.4) is 0 Å². The van der Waals surface area contributed by atoms with Crippen LogP contribution < -0.4 is 5.32 Å². The highest BCUT2D eigenvalue weighted by Gasteiger charge is 2.13. The third kappa shape index (κ3) is 2.54. The minimum atomic E-state index is 0.142. The Morgan fingerprint density at radius 3 is 2.55 bits per heavy atom. The summed E-state index contributed by atoms with van der Waals surface area (Å²) in [6.45, 7) is 10.2. The van der Waals surface area contributed by atoms with Crippen LogP contribution in [0.15, 0.2) is 24.4 Å². The van der Waals surface area contributed by atoms with Crippen molar-refractivity contribution in [2.45, 2.75) is 40.7 Å². The lowest BCUT2D eigenvalue weighted by atomic mass is 10.1. The molecule has 3 aromatic rings. The molecule has 0 aromatic carbocycles. The number of aromatic nitrogens is 4. The molecule has 0 aliphatic rings. The number of fused-ring (bicyclic) bond motifs is 1. The van der Waals surface area contributed by atoms with E-state index in [-0.39, 0.29) is 6.04 Å². The van der Waals surface area contributed by atoms with Gasteiger partial charge in [0.1, 0.15) is 5.82 Å². The van der Waals surface area contributed by atoms with Crippen molar-refractivity contribution in [1.82, 2.24) is 19.6 Å². The third-order valence-electron chi connectivity index (χ3n) is 3.98. The first-order valence-electron chi connectivity index (χ1n) is 7.48. The molecule has 0 amide bonds. The fourth-order valence-corrected chi connectivity index (χ4v) is 2.49. The largest absolute Gasteiger partial charge is 0.363 e. The van der Waals surface area contributed by atoms with Gasteiger partial charge in [0.25, 0.3) is 0 Å². The lowest BCUT2D eigenvalue weighted by Crippen LogP contribution is -2.11. The molecule has 1 atom stereocenters. The van der Waals surface area contributed by atoms with Crippen LogP contribution in [0.25, 0.3) is 5.65 Å². The highest BCUT2D eigenvalue weighted by molar-refractivity contribution is 5.56. The molecular formula is C17H21N5. The Balaban J connectivity index is 1.99. The molecule has 0 unspecified atom stereocenters. The molecule has 0 aliphatic carbocycles. The van der Waals surface area contributed by atoms with Gasteiger partial charge in [0.05, 0.1) is 11.7 Å². The number of hydrogen-bond acceptors (Lipinski definition) is 4. The maximum absolute atomic E-state index is 4.60. The fraction of sp³-hybridized carbons (Fsp3) is 0.353. The summed E-state index contributed by atoms with van der Waals surface area (Å²) in [5.74, 6) is 0.951. The molecule has 0 fully saturated rings. The fourth-order valence-electron chi connectivity index (χ4n) is 2.49. The first kappa shape index (κ1) is 14.5. The van der Waals surface area contributed by atoms with E-state index in [0.717, 1.165) is 39.7 Å². The van der Waals surface area contributed by atoms with E-state index >= 15 is 0 Å². The number of hydrogen-bond donors (Lipinski definition) is 1. The standard InChI is InChI=1S/C17H21N5/c1-10-6-7-15(9-18-10)14(5)20-16-8-11(2)19-17-12(3)13(4)21-22(16)17/h6-9,14,20H,1-5H3/t14-/m1/s1. The Kier molecular flexibility index (Phi) is 3.56. The van der Waals surface area contributed by atoms with Gasteiger partial charge in [-0.3, -0.25) is 4.98 Å². The lowest BCUT2D eigenvalue weighted by Gasteiger charge is -2.16. The summed E-state index contributed by atoms with van der Waals surface area (Å²) in [4.78, 5) is 8.96. The van der Waals surface area contributed by atoms with E-state index in [0.29, 0.717) is 0 Å².